The molecule has 0 saturated heterocycles. The smallest absolute Gasteiger partial charge is 0.106 e. The molecule has 2 rings (SSSR count). The van der Waals surface area contributed by atoms with E-state index in [9.17, 15) is 0 Å². The third kappa shape index (κ3) is 3.29. The first-order chi connectivity index (χ1) is 7.75. The van der Waals surface area contributed by atoms with E-state index in [1.165, 1.54) is 25.7 Å². The van der Waals surface area contributed by atoms with Crippen molar-refractivity contribution in [3.63, 3.8) is 0 Å². The molecule has 88 valence electrons. The van der Waals surface area contributed by atoms with Gasteiger partial charge in [-0.15, -0.1) is 0 Å². The molecule has 1 fully saturated rings. The Morgan fingerprint density at radius 1 is 1.44 bits per heavy atom. The summed E-state index contributed by atoms with van der Waals surface area (Å²) < 4.78 is 0.917. The molecule has 1 aliphatic rings. The molecule has 1 unspecified atom stereocenters. The predicted octanol–water partition coefficient (Wildman–Crippen LogP) is 3.51. The van der Waals surface area contributed by atoms with Gasteiger partial charge in [-0.2, -0.15) is 0 Å². The summed E-state index contributed by atoms with van der Waals surface area (Å²) in [6, 6.07) is 6.68. The summed E-state index contributed by atoms with van der Waals surface area (Å²) in [6.07, 6.45) is 5.60. The molecule has 1 aliphatic carbocycles. The molecule has 0 bridgehead atoms. The Morgan fingerprint density at radius 2 is 2.19 bits per heavy atom. The minimum Gasteiger partial charge on any atom is -0.308 e. The van der Waals surface area contributed by atoms with Crippen LogP contribution >= 0.6 is 15.9 Å². The summed E-state index contributed by atoms with van der Waals surface area (Å²) in [7, 11) is 0. The van der Waals surface area contributed by atoms with E-state index in [4.69, 9.17) is 0 Å². The normalized spacial score (nSPS) is 18.9. The molecule has 1 N–H and O–H groups in total. The molecule has 0 aliphatic heterocycles. The summed E-state index contributed by atoms with van der Waals surface area (Å²) in [5, 5.41) is 3.58. The number of aromatic nitrogens is 1. The number of nitrogens with zero attached hydrogens (tertiary/aromatic N) is 1. The van der Waals surface area contributed by atoms with E-state index in [1.54, 1.807) is 0 Å². The van der Waals surface area contributed by atoms with Gasteiger partial charge in [0.1, 0.15) is 4.60 Å². The fourth-order valence-electron chi connectivity index (χ4n) is 2.44. The fraction of sp³-hybridized carbons (Fsp3) is 0.615. The second-order valence-electron chi connectivity index (χ2n) is 4.67. The lowest BCUT2D eigenvalue weighted by Gasteiger charge is -2.20. The van der Waals surface area contributed by atoms with E-state index in [0.717, 1.165) is 22.8 Å². The zero-order chi connectivity index (χ0) is 11.4. The summed E-state index contributed by atoms with van der Waals surface area (Å²) in [5.74, 6) is 0.868. The Hall–Kier alpha value is -0.410. The van der Waals surface area contributed by atoms with Crippen molar-refractivity contribution in [3.05, 3.63) is 28.5 Å². The molecule has 0 amide bonds. The van der Waals surface area contributed by atoms with Gasteiger partial charge in [0.25, 0.3) is 0 Å². The van der Waals surface area contributed by atoms with E-state index in [0.29, 0.717) is 6.04 Å². The lowest BCUT2D eigenvalue weighted by atomic mass is 10.00. The quantitative estimate of drug-likeness (QED) is 0.855. The number of halogens is 1. The Kier molecular flexibility index (Phi) is 4.36. The van der Waals surface area contributed by atoms with Gasteiger partial charge in [0.15, 0.2) is 0 Å². The molecule has 0 spiro atoms. The van der Waals surface area contributed by atoms with Crippen molar-refractivity contribution in [2.45, 2.75) is 45.2 Å². The fourth-order valence-corrected chi connectivity index (χ4v) is 2.82. The maximum absolute atomic E-state index is 4.43. The summed E-state index contributed by atoms with van der Waals surface area (Å²) in [5.41, 5.74) is 1.11. The molecule has 0 aromatic carbocycles. The van der Waals surface area contributed by atoms with Gasteiger partial charge in [-0.1, -0.05) is 18.9 Å². The number of hydrogen-bond donors (Lipinski definition) is 1. The Morgan fingerprint density at radius 3 is 2.88 bits per heavy atom. The SMILES string of the molecule is CC(NCc1cccc(Br)n1)C1CCCC1. The van der Waals surface area contributed by atoms with Crippen LogP contribution in [-0.2, 0) is 6.54 Å². The molecular weight excluding hydrogens is 264 g/mol. The van der Waals surface area contributed by atoms with Crippen molar-refractivity contribution >= 4 is 15.9 Å². The van der Waals surface area contributed by atoms with Crippen molar-refractivity contribution in [2.24, 2.45) is 5.92 Å². The van der Waals surface area contributed by atoms with Crippen LogP contribution in [0.2, 0.25) is 0 Å². The molecule has 1 saturated carbocycles. The van der Waals surface area contributed by atoms with Crippen LogP contribution in [-0.4, -0.2) is 11.0 Å². The van der Waals surface area contributed by atoms with Crippen molar-refractivity contribution in [1.29, 1.82) is 0 Å². The molecule has 1 aromatic heterocycles. The molecule has 3 heteroatoms. The summed E-state index contributed by atoms with van der Waals surface area (Å²) in [4.78, 5) is 4.43. The number of hydrogen-bond acceptors (Lipinski definition) is 2. The molecule has 2 nitrogen and oxygen atoms in total. The minimum atomic E-state index is 0.614. The first-order valence-corrected chi connectivity index (χ1v) is 6.90. The topological polar surface area (TPSA) is 24.9 Å². The van der Waals surface area contributed by atoms with E-state index in [1.807, 2.05) is 12.1 Å². The zero-order valence-corrected chi connectivity index (χ0v) is 11.3. The molecule has 1 heterocycles. The molecule has 16 heavy (non-hydrogen) atoms. The van der Waals surface area contributed by atoms with Crippen molar-refractivity contribution in [2.75, 3.05) is 0 Å². The molecule has 1 atom stereocenters. The van der Waals surface area contributed by atoms with Crippen molar-refractivity contribution < 1.29 is 0 Å². The van der Waals surface area contributed by atoms with Crippen LogP contribution in [0.1, 0.15) is 38.3 Å². The van der Waals surface area contributed by atoms with Gasteiger partial charge in [0.2, 0.25) is 0 Å². The lowest BCUT2D eigenvalue weighted by Crippen LogP contribution is -2.31. The average molecular weight is 283 g/mol. The summed E-state index contributed by atoms with van der Waals surface area (Å²) in [6.45, 7) is 3.17. The van der Waals surface area contributed by atoms with Crippen LogP contribution in [0.4, 0.5) is 0 Å². The van der Waals surface area contributed by atoms with E-state index in [-0.39, 0.29) is 0 Å². The molecular formula is C13H19BrN2. The molecule has 0 radical (unpaired) electrons. The van der Waals surface area contributed by atoms with Crippen LogP contribution < -0.4 is 5.32 Å². The van der Waals surface area contributed by atoms with Crippen molar-refractivity contribution in [1.82, 2.24) is 10.3 Å². The minimum absolute atomic E-state index is 0.614. The second kappa shape index (κ2) is 5.78. The van der Waals surface area contributed by atoms with Crippen LogP contribution in [0.25, 0.3) is 0 Å². The maximum atomic E-state index is 4.43. The van der Waals surface area contributed by atoms with Gasteiger partial charge in [-0.3, -0.25) is 0 Å². The van der Waals surface area contributed by atoms with Gasteiger partial charge >= 0.3 is 0 Å². The Labute approximate surface area is 106 Å². The highest BCUT2D eigenvalue weighted by Gasteiger charge is 2.20. The van der Waals surface area contributed by atoms with E-state index >= 15 is 0 Å². The maximum Gasteiger partial charge on any atom is 0.106 e. The number of pyridine rings is 1. The Bertz CT molecular complexity index is 334. The van der Waals surface area contributed by atoms with Gasteiger partial charge in [-0.25, -0.2) is 4.98 Å². The van der Waals surface area contributed by atoms with Gasteiger partial charge < -0.3 is 5.32 Å². The van der Waals surface area contributed by atoms with Crippen LogP contribution in [0.5, 0.6) is 0 Å². The average Bonchev–Trinajstić information content (AvgIpc) is 2.79. The van der Waals surface area contributed by atoms with Gasteiger partial charge in [0.05, 0.1) is 5.69 Å². The number of rotatable bonds is 4. The van der Waals surface area contributed by atoms with Gasteiger partial charge in [0, 0.05) is 12.6 Å². The van der Waals surface area contributed by atoms with Crippen LogP contribution in [0.3, 0.4) is 0 Å². The van der Waals surface area contributed by atoms with Crippen LogP contribution in [0.15, 0.2) is 22.8 Å². The lowest BCUT2D eigenvalue weighted by molar-refractivity contribution is 0.379. The Balaban J connectivity index is 1.82. The van der Waals surface area contributed by atoms with E-state index in [2.05, 4.69) is 39.2 Å². The third-order valence-corrected chi connectivity index (χ3v) is 3.93. The summed E-state index contributed by atoms with van der Waals surface area (Å²) >= 11 is 3.40. The third-order valence-electron chi connectivity index (χ3n) is 3.48. The highest BCUT2D eigenvalue weighted by molar-refractivity contribution is 9.10. The second-order valence-corrected chi connectivity index (χ2v) is 5.48. The van der Waals surface area contributed by atoms with Crippen molar-refractivity contribution in [3.8, 4) is 0 Å². The largest absolute Gasteiger partial charge is 0.308 e. The standard InChI is InChI=1S/C13H19BrN2/c1-10(11-5-2-3-6-11)15-9-12-7-4-8-13(14)16-12/h4,7-8,10-11,15H,2-3,5-6,9H2,1H3. The zero-order valence-electron chi connectivity index (χ0n) is 9.75. The first-order valence-electron chi connectivity index (χ1n) is 6.10. The predicted molar refractivity (Wildman–Crippen MR) is 70.2 cm³/mol. The van der Waals surface area contributed by atoms with Gasteiger partial charge in [-0.05, 0) is 53.7 Å². The van der Waals surface area contributed by atoms with E-state index < -0.39 is 0 Å². The highest BCUT2D eigenvalue weighted by atomic mass is 79.9. The number of nitrogens with one attached hydrogen (secondary N) is 1. The van der Waals surface area contributed by atoms with Crippen LogP contribution in [0, 0.1) is 5.92 Å². The monoisotopic (exact) mass is 282 g/mol. The molecule has 1 aromatic rings. The highest BCUT2D eigenvalue weighted by Crippen LogP contribution is 2.27. The first kappa shape index (κ1) is 12.1.